The van der Waals surface area contributed by atoms with E-state index < -0.39 is 11.9 Å². The molecule has 122 valence electrons. The van der Waals surface area contributed by atoms with Crippen LogP contribution in [0.2, 0.25) is 0 Å². The highest BCUT2D eigenvalue weighted by Crippen LogP contribution is 2.23. The fourth-order valence-electron chi connectivity index (χ4n) is 3.09. The van der Waals surface area contributed by atoms with E-state index in [2.05, 4.69) is 10.4 Å². The summed E-state index contributed by atoms with van der Waals surface area (Å²) in [5.74, 6) is -1.32. The Morgan fingerprint density at radius 3 is 2.68 bits per heavy atom. The second-order valence-electron chi connectivity index (χ2n) is 6.13. The number of hydrogen-bond acceptors (Lipinski definition) is 3. The lowest BCUT2D eigenvalue weighted by atomic mass is 9.86. The lowest BCUT2D eigenvalue weighted by Crippen LogP contribution is -2.44. The number of aromatic nitrogens is 2. The van der Waals surface area contributed by atoms with Crippen molar-refractivity contribution in [2.45, 2.75) is 57.4 Å². The van der Waals surface area contributed by atoms with E-state index in [0.29, 0.717) is 19.3 Å². The average molecular weight is 307 g/mol. The van der Waals surface area contributed by atoms with Crippen LogP contribution in [0.5, 0.6) is 0 Å². The lowest BCUT2D eigenvalue weighted by Gasteiger charge is -2.27. The van der Waals surface area contributed by atoms with E-state index in [9.17, 15) is 14.7 Å². The summed E-state index contributed by atoms with van der Waals surface area (Å²) in [5.41, 5.74) is 1.02. The molecule has 0 radical (unpaired) electrons. The summed E-state index contributed by atoms with van der Waals surface area (Å²) in [6.07, 6.45) is 10.2. The quantitative estimate of drug-likeness (QED) is 0.870. The number of nitrogens with one attached hydrogen (secondary N) is 1. The Labute approximate surface area is 130 Å². The maximum Gasteiger partial charge on any atom is 0.308 e. The van der Waals surface area contributed by atoms with E-state index >= 15 is 0 Å². The summed E-state index contributed by atoms with van der Waals surface area (Å²) in [6.45, 7) is 0. The molecule has 1 amide bonds. The summed E-state index contributed by atoms with van der Waals surface area (Å²) in [4.78, 5) is 23.6. The Kier molecular flexibility index (Phi) is 5.98. The molecule has 1 heterocycles. The van der Waals surface area contributed by atoms with Crippen molar-refractivity contribution in [1.82, 2.24) is 15.1 Å². The fourth-order valence-corrected chi connectivity index (χ4v) is 3.09. The van der Waals surface area contributed by atoms with E-state index in [-0.39, 0.29) is 11.9 Å². The van der Waals surface area contributed by atoms with Crippen molar-refractivity contribution in [3.05, 3.63) is 18.0 Å². The number of hydrogen-bond donors (Lipinski definition) is 2. The molecule has 0 bridgehead atoms. The van der Waals surface area contributed by atoms with Gasteiger partial charge in [-0.15, -0.1) is 0 Å². The van der Waals surface area contributed by atoms with Crippen molar-refractivity contribution in [2.75, 3.05) is 0 Å². The first-order valence-corrected chi connectivity index (χ1v) is 8.06. The van der Waals surface area contributed by atoms with Crippen molar-refractivity contribution < 1.29 is 14.7 Å². The molecular weight excluding hydrogens is 282 g/mol. The molecule has 0 saturated heterocycles. The Balaban J connectivity index is 1.87. The highest BCUT2D eigenvalue weighted by molar-refractivity contribution is 5.78. The zero-order chi connectivity index (χ0) is 15.9. The minimum absolute atomic E-state index is 0.0688. The van der Waals surface area contributed by atoms with Crippen molar-refractivity contribution in [2.24, 2.45) is 13.0 Å². The third-order valence-corrected chi connectivity index (χ3v) is 4.33. The number of nitrogens with zero attached hydrogens (tertiary/aromatic N) is 2. The van der Waals surface area contributed by atoms with Crippen LogP contribution in [-0.2, 0) is 23.1 Å². The topological polar surface area (TPSA) is 84.2 Å². The summed E-state index contributed by atoms with van der Waals surface area (Å²) in [5, 5.41) is 16.4. The predicted octanol–water partition coefficient (Wildman–Crippen LogP) is 1.89. The van der Waals surface area contributed by atoms with Gasteiger partial charge in [0.25, 0.3) is 0 Å². The van der Waals surface area contributed by atoms with Crippen LogP contribution >= 0.6 is 0 Å². The van der Waals surface area contributed by atoms with Crippen LogP contribution in [0.15, 0.2) is 12.4 Å². The molecule has 1 aliphatic rings. The smallest absolute Gasteiger partial charge is 0.308 e. The molecular formula is C16H25N3O3. The molecule has 6 heteroatoms. The highest BCUT2D eigenvalue weighted by Gasteiger charge is 2.29. The second-order valence-corrected chi connectivity index (χ2v) is 6.13. The molecule has 1 aromatic rings. The van der Waals surface area contributed by atoms with Gasteiger partial charge in [-0.2, -0.15) is 5.10 Å². The first kappa shape index (κ1) is 16.5. The van der Waals surface area contributed by atoms with Crippen LogP contribution in [0, 0.1) is 5.92 Å². The van der Waals surface area contributed by atoms with Gasteiger partial charge in [0, 0.05) is 25.7 Å². The zero-order valence-corrected chi connectivity index (χ0v) is 13.1. The summed E-state index contributed by atoms with van der Waals surface area (Å²) in [7, 11) is 1.84. The van der Waals surface area contributed by atoms with Crippen LogP contribution in [0.25, 0.3) is 0 Å². The number of aryl methyl sites for hydroxylation is 2. The molecule has 1 fully saturated rings. The van der Waals surface area contributed by atoms with Crippen LogP contribution < -0.4 is 5.32 Å². The van der Waals surface area contributed by atoms with Gasteiger partial charge in [0.1, 0.15) is 0 Å². The molecule has 2 rings (SSSR count). The molecule has 22 heavy (non-hydrogen) atoms. The Bertz CT molecular complexity index is 512. The molecule has 6 nitrogen and oxygen atoms in total. The number of carboxylic acids is 1. The van der Waals surface area contributed by atoms with Crippen molar-refractivity contribution in [1.29, 1.82) is 0 Å². The van der Waals surface area contributed by atoms with Gasteiger partial charge in [-0.1, -0.05) is 25.7 Å². The Morgan fingerprint density at radius 1 is 1.32 bits per heavy atom. The van der Waals surface area contributed by atoms with Crippen molar-refractivity contribution >= 4 is 11.9 Å². The van der Waals surface area contributed by atoms with Crippen molar-refractivity contribution in [3.63, 3.8) is 0 Å². The van der Waals surface area contributed by atoms with Crippen LogP contribution in [0.1, 0.15) is 50.5 Å². The number of carboxylic acid groups (broad SMARTS) is 1. The SMILES string of the molecule is Cn1cc(CCC(=O)NC2CCCCCCC2C(=O)O)cn1. The number of aliphatic carboxylic acids is 1. The second kappa shape index (κ2) is 7.96. The van der Waals surface area contributed by atoms with Crippen molar-refractivity contribution in [3.8, 4) is 0 Å². The third-order valence-electron chi connectivity index (χ3n) is 4.33. The molecule has 0 aliphatic heterocycles. The van der Waals surface area contributed by atoms with E-state index in [4.69, 9.17) is 0 Å². The van der Waals surface area contributed by atoms with Crippen LogP contribution in [0.3, 0.4) is 0 Å². The number of carbonyl (C=O) groups is 2. The third kappa shape index (κ3) is 4.86. The van der Waals surface area contributed by atoms with E-state index in [1.807, 2.05) is 13.2 Å². The molecule has 2 unspecified atom stereocenters. The van der Waals surface area contributed by atoms with Gasteiger partial charge in [-0.3, -0.25) is 14.3 Å². The van der Waals surface area contributed by atoms with Crippen LogP contribution in [-0.4, -0.2) is 32.8 Å². The Hall–Kier alpha value is -1.85. The van der Waals surface area contributed by atoms with Crippen LogP contribution in [0.4, 0.5) is 0 Å². The van der Waals surface area contributed by atoms with Gasteiger partial charge >= 0.3 is 5.97 Å². The normalized spacial score (nSPS) is 22.6. The maximum atomic E-state index is 12.1. The Morgan fingerprint density at radius 2 is 2.05 bits per heavy atom. The summed E-state index contributed by atoms with van der Waals surface area (Å²) in [6, 6.07) is -0.237. The average Bonchev–Trinajstić information content (AvgIpc) is 2.85. The van der Waals surface area contributed by atoms with Gasteiger partial charge < -0.3 is 10.4 Å². The maximum absolute atomic E-state index is 12.1. The molecule has 2 atom stereocenters. The summed E-state index contributed by atoms with van der Waals surface area (Å²) >= 11 is 0. The molecule has 1 aromatic heterocycles. The molecule has 0 aromatic carbocycles. The fraction of sp³-hybridized carbons (Fsp3) is 0.688. The standard InChI is InChI=1S/C16H25N3O3/c1-19-11-12(10-17-19)8-9-15(20)18-14-7-5-3-2-4-6-13(14)16(21)22/h10-11,13-14H,2-9H2,1H3,(H,18,20)(H,21,22). The largest absolute Gasteiger partial charge is 0.481 e. The lowest BCUT2D eigenvalue weighted by molar-refractivity contribution is -0.143. The van der Waals surface area contributed by atoms with E-state index in [1.54, 1.807) is 10.9 Å². The molecule has 2 N–H and O–H groups in total. The minimum atomic E-state index is -0.792. The minimum Gasteiger partial charge on any atom is -0.481 e. The predicted molar refractivity (Wildman–Crippen MR) is 82.3 cm³/mol. The molecule has 0 spiro atoms. The highest BCUT2D eigenvalue weighted by atomic mass is 16.4. The zero-order valence-electron chi connectivity index (χ0n) is 13.1. The molecule has 1 saturated carbocycles. The van der Waals surface area contributed by atoms with E-state index in [1.165, 1.54) is 0 Å². The monoisotopic (exact) mass is 307 g/mol. The number of carbonyl (C=O) groups excluding carboxylic acids is 1. The summed E-state index contributed by atoms with van der Waals surface area (Å²) < 4.78 is 1.71. The van der Waals surface area contributed by atoms with Gasteiger partial charge in [0.15, 0.2) is 0 Å². The van der Waals surface area contributed by atoms with Gasteiger partial charge in [0.05, 0.1) is 12.1 Å². The first-order valence-electron chi connectivity index (χ1n) is 8.06. The van der Waals surface area contributed by atoms with E-state index in [0.717, 1.165) is 37.7 Å². The first-order chi connectivity index (χ1) is 10.6. The van der Waals surface area contributed by atoms with Gasteiger partial charge in [-0.05, 0) is 24.8 Å². The number of rotatable bonds is 5. The number of amides is 1. The van der Waals surface area contributed by atoms with Gasteiger partial charge in [-0.25, -0.2) is 0 Å². The molecule has 1 aliphatic carbocycles. The van der Waals surface area contributed by atoms with Gasteiger partial charge in [0.2, 0.25) is 5.91 Å².